The highest BCUT2D eigenvalue weighted by molar-refractivity contribution is 6.74. The zero-order chi connectivity index (χ0) is 31.9. The summed E-state index contributed by atoms with van der Waals surface area (Å²) in [6.45, 7) is 16.2. The van der Waals surface area contributed by atoms with Crippen molar-refractivity contribution in [2.75, 3.05) is 26.4 Å². The molecule has 2 aromatic heterocycles. The predicted molar refractivity (Wildman–Crippen MR) is 181 cm³/mol. The Bertz CT molecular complexity index is 1510. The number of aromatic nitrogens is 3. The van der Waals surface area contributed by atoms with Crippen LogP contribution in [0.5, 0.6) is 11.6 Å². The Balaban J connectivity index is 1.23. The average molecular weight is 632 g/mol. The van der Waals surface area contributed by atoms with Crippen molar-refractivity contribution in [2.24, 2.45) is 0 Å². The molecule has 1 aliphatic rings. The number of ether oxygens (including phenoxy) is 4. The van der Waals surface area contributed by atoms with Gasteiger partial charge in [0.15, 0.2) is 6.23 Å². The van der Waals surface area contributed by atoms with Crippen LogP contribution in [0.4, 0.5) is 0 Å². The smallest absolute Gasteiger partial charge is 0.250 e. The van der Waals surface area contributed by atoms with Crippen LogP contribution in [-0.2, 0) is 20.8 Å². The summed E-state index contributed by atoms with van der Waals surface area (Å²) in [6.07, 6.45) is 3.99. The lowest BCUT2D eigenvalue weighted by Crippen LogP contribution is -2.43. The van der Waals surface area contributed by atoms with Gasteiger partial charge in [-0.1, -0.05) is 57.2 Å². The van der Waals surface area contributed by atoms with E-state index in [1.165, 1.54) is 5.56 Å². The molecule has 1 fully saturated rings. The molecule has 2 aromatic carbocycles. The molecule has 45 heavy (non-hydrogen) atoms. The zero-order valence-corrected chi connectivity index (χ0v) is 28.8. The van der Waals surface area contributed by atoms with E-state index in [9.17, 15) is 0 Å². The SMILES string of the molecule is CC(CCOCCOc1cccc(-c2nn(C3CCCCO3)c3ccc(O[Si](C)(C)C(C)(C)C)cc23)n1)OCc1ccccc1. The van der Waals surface area contributed by atoms with E-state index < -0.39 is 8.32 Å². The van der Waals surface area contributed by atoms with Crippen LogP contribution in [-0.4, -0.2) is 55.6 Å². The number of rotatable bonds is 14. The molecule has 5 rings (SSSR count). The van der Waals surface area contributed by atoms with Crippen LogP contribution in [0.1, 0.15) is 65.2 Å². The summed E-state index contributed by atoms with van der Waals surface area (Å²) in [5, 5.41) is 6.17. The first-order chi connectivity index (χ1) is 21.6. The molecule has 4 aromatic rings. The molecule has 0 amide bonds. The Morgan fingerprint density at radius 1 is 0.978 bits per heavy atom. The van der Waals surface area contributed by atoms with Gasteiger partial charge in [0, 0.05) is 24.7 Å². The topological polar surface area (TPSA) is 76.9 Å². The highest BCUT2D eigenvalue weighted by Crippen LogP contribution is 2.39. The van der Waals surface area contributed by atoms with Crippen LogP contribution in [0.2, 0.25) is 18.1 Å². The van der Waals surface area contributed by atoms with Crippen molar-refractivity contribution >= 4 is 19.2 Å². The van der Waals surface area contributed by atoms with E-state index in [-0.39, 0.29) is 17.4 Å². The third-order valence-electron chi connectivity index (χ3n) is 8.78. The molecule has 0 N–H and O–H groups in total. The Morgan fingerprint density at radius 3 is 2.56 bits per heavy atom. The second-order valence-electron chi connectivity index (χ2n) is 13.4. The lowest BCUT2D eigenvalue weighted by molar-refractivity contribution is -0.0365. The number of fused-ring (bicyclic) bond motifs is 1. The monoisotopic (exact) mass is 631 g/mol. The maximum Gasteiger partial charge on any atom is 0.250 e. The number of hydrogen-bond acceptors (Lipinski definition) is 7. The van der Waals surface area contributed by atoms with Gasteiger partial charge in [-0.15, -0.1) is 0 Å². The first-order valence-electron chi connectivity index (χ1n) is 16.3. The maximum absolute atomic E-state index is 6.68. The molecule has 0 spiro atoms. The van der Waals surface area contributed by atoms with Gasteiger partial charge in [0.2, 0.25) is 14.2 Å². The molecule has 1 aliphatic heterocycles. The van der Waals surface area contributed by atoms with Gasteiger partial charge in [0.1, 0.15) is 18.1 Å². The number of nitrogens with zero attached hydrogens (tertiary/aromatic N) is 3. The van der Waals surface area contributed by atoms with Crippen LogP contribution in [0.3, 0.4) is 0 Å². The third kappa shape index (κ3) is 8.73. The van der Waals surface area contributed by atoms with Crippen LogP contribution in [0, 0.1) is 0 Å². The summed E-state index contributed by atoms with van der Waals surface area (Å²) in [4.78, 5) is 4.85. The van der Waals surface area contributed by atoms with Gasteiger partial charge in [0.05, 0.1) is 30.5 Å². The van der Waals surface area contributed by atoms with Gasteiger partial charge in [-0.3, -0.25) is 0 Å². The molecule has 0 saturated carbocycles. The van der Waals surface area contributed by atoms with Crippen molar-refractivity contribution in [3.63, 3.8) is 0 Å². The Morgan fingerprint density at radius 2 is 1.80 bits per heavy atom. The Kier molecular flexibility index (Phi) is 11.0. The summed E-state index contributed by atoms with van der Waals surface area (Å²) in [5.41, 5.74) is 3.74. The highest BCUT2D eigenvalue weighted by atomic mass is 28.4. The van der Waals surface area contributed by atoms with E-state index in [0.717, 1.165) is 60.3 Å². The number of benzene rings is 2. The van der Waals surface area contributed by atoms with Crippen LogP contribution < -0.4 is 9.16 Å². The molecule has 2 unspecified atom stereocenters. The lowest BCUT2D eigenvalue weighted by Gasteiger charge is -2.36. The van der Waals surface area contributed by atoms with E-state index in [0.29, 0.717) is 32.3 Å². The summed E-state index contributed by atoms with van der Waals surface area (Å²) in [5.74, 6) is 1.41. The minimum Gasteiger partial charge on any atom is -0.543 e. The van der Waals surface area contributed by atoms with Gasteiger partial charge in [-0.2, -0.15) is 5.10 Å². The Hall–Kier alpha value is -3.24. The summed E-state index contributed by atoms with van der Waals surface area (Å²) < 4.78 is 32.6. The average Bonchev–Trinajstić information content (AvgIpc) is 3.41. The molecule has 0 aliphatic carbocycles. The van der Waals surface area contributed by atoms with Gasteiger partial charge < -0.3 is 23.4 Å². The molecule has 0 bridgehead atoms. The van der Waals surface area contributed by atoms with E-state index in [1.807, 2.05) is 41.1 Å². The van der Waals surface area contributed by atoms with E-state index >= 15 is 0 Å². The standard InChI is InChI=1S/C36H49N3O5Si/c1-27(43-26-28-13-8-7-9-14-28)20-22-40-23-24-41-33-16-12-15-31(37-33)35-30-25-29(44-45(5,6)36(2,3)4)18-19-32(30)39(38-35)34-17-10-11-21-42-34/h7-9,12-16,18-19,25,27,34H,10-11,17,20-24,26H2,1-6H3. The summed E-state index contributed by atoms with van der Waals surface area (Å²) in [7, 11) is -2.02. The van der Waals surface area contributed by atoms with Gasteiger partial charge in [0.25, 0.3) is 0 Å². The van der Waals surface area contributed by atoms with Crippen molar-refractivity contribution in [1.82, 2.24) is 14.8 Å². The first kappa shape index (κ1) is 33.1. The highest BCUT2D eigenvalue weighted by Gasteiger charge is 2.39. The molecule has 8 nitrogen and oxygen atoms in total. The molecule has 3 heterocycles. The summed E-state index contributed by atoms with van der Waals surface area (Å²) >= 11 is 0. The van der Waals surface area contributed by atoms with E-state index in [1.54, 1.807) is 0 Å². The number of pyridine rings is 1. The fraction of sp³-hybridized carbons (Fsp3) is 0.500. The lowest BCUT2D eigenvalue weighted by atomic mass is 10.1. The molecule has 2 atom stereocenters. The normalized spacial score (nSPS) is 16.5. The van der Waals surface area contributed by atoms with Crippen molar-refractivity contribution in [2.45, 2.75) is 90.4 Å². The van der Waals surface area contributed by atoms with Crippen LogP contribution >= 0.6 is 0 Å². The van der Waals surface area contributed by atoms with E-state index in [2.05, 4.69) is 71.1 Å². The molecular weight excluding hydrogens is 582 g/mol. The summed E-state index contributed by atoms with van der Waals surface area (Å²) in [6, 6.07) is 22.3. The molecule has 0 radical (unpaired) electrons. The van der Waals surface area contributed by atoms with Gasteiger partial charge in [-0.05, 0) is 80.6 Å². The maximum atomic E-state index is 6.68. The minimum absolute atomic E-state index is 0.0924. The van der Waals surface area contributed by atoms with Crippen molar-refractivity contribution in [1.29, 1.82) is 0 Å². The van der Waals surface area contributed by atoms with Crippen LogP contribution in [0.15, 0.2) is 66.7 Å². The van der Waals surface area contributed by atoms with Crippen molar-refractivity contribution in [3.05, 3.63) is 72.3 Å². The molecule has 9 heteroatoms. The molecule has 242 valence electrons. The third-order valence-corrected chi connectivity index (χ3v) is 13.1. The van der Waals surface area contributed by atoms with Gasteiger partial charge >= 0.3 is 0 Å². The van der Waals surface area contributed by atoms with Crippen molar-refractivity contribution in [3.8, 4) is 23.0 Å². The fourth-order valence-corrected chi connectivity index (χ4v) is 6.06. The van der Waals surface area contributed by atoms with Crippen molar-refractivity contribution < 1.29 is 23.4 Å². The number of hydrogen-bond donors (Lipinski definition) is 0. The predicted octanol–water partition coefficient (Wildman–Crippen LogP) is 8.57. The van der Waals surface area contributed by atoms with Gasteiger partial charge in [-0.25, -0.2) is 9.67 Å². The first-order valence-corrected chi connectivity index (χ1v) is 19.2. The second-order valence-corrected chi connectivity index (χ2v) is 18.1. The second kappa shape index (κ2) is 14.9. The largest absolute Gasteiger partial charge is 0.543 e. The van der Waals surface area contributed by atoms with Crippen LogP contribution in [0.25, 0.3) is 22.3 Å². The zero-order valence-electron chi connectivity index (χ0n) is 27.8. The quantitative estimate of drug-likeness (QED) is 0.102. The Labute approximate surface area is 269 Å². The fourth-order valence-electron chi connectivity index (χ4n) is 5.04. The molecule has 1 saturated heterocycles. The minimum atomic E-state index is -2.02. The molecular formula is C36H49N3O5Si. The van der Waals surface area contributed by atoms with E-state index in [4.69, 9.17) is 33.5 Å².